The smallest absolute Gasteiger partial charge is 0.191 e. The number of ether oxygens (including phenoxy) is 1. The molecule has 0 radical (unpaired) electrons. The van der Waals surface area contributed by atoms with Gasteiger partial charge in [-0.25, -0.2) is 4.99 Å². The van der Waals surface area contributed by atoms with Crippen LogP contribution in [-0.2, 0) is 19.5 Å². The van der Waals surface area contributed by atoms with E-state index in [0.717, 1.165) is 49.3 Å². The predicted octanol–water partition coefficient (Wildman–Crippen LogP) is 1.67. The molecule has 0 unspecified atom stereocenters. The number of nitrogens with zero attached hydrogens (tertiary/aromatic N) is 4. The van der Waals surface area contributed by atoms with Crippen LogP contribution in [0.2, 0.25) is 0 Å². The van der Waals surface area contributed by atoms with Gasteiger partial charge in [-0.1, -0.05) is 17.7 Å². The lowest BCUT2D eigenvalue weighted by atomic mass is 10.2. The van der Waals surface area contributed by atoms with Crippen LogP contribution in [0.5, 0.6) is 5.75 Å². The maximum atomic E-state index is 5.73. The number of aliphatic imine (C=N–C) groups is 1. The lowest BCUT2D eigenvalue weighted by molar-refractivity contribution is 0.322. The number of aryl methyl sites for hydroxylation is 2. The van der Waals surface area contributed by atoms with Crippen molar-refractivity contribution in [1.29, 1.82) is 0 Å². The van der Waals surface area contributed by atoms with Gasteiger partial charge in [0, 0.05) is 19.5 Å². The number of rotatable bonds is 7. The first kappa shape index (κ1) is 17.3. The highest BCUT2D eigenvalue weighted by molar-refractivity contribution is 5.79. The fourth-order valence-corrected chi connectivity index (χ4v) is 2.79. The topological polar surface area (TPSA) is 76.4 Å². The van der Waals surface area contributed by atoms with Crippen LogP contribution in [0.4, 0.5) is 0 Å². The van der Waals surface area contributed by atoms with Crippen LogP contribution in [0.25, 0.3) is 0 Å². The monoisotopic (exact) mass is 342 g/mol. The lowest BCUT2D eigenvalue weighted by Crippen LogP contribution is -2.39. The molecule has 1 aliphatic heterocycles. The van der Waals surface area contributed by atoms with Crippen molar-refractivity contribution in [2.24, 2.45) is 4.99 Å². The Hall–Kier alpha value is -2.57. The molecule has 1 aromatic carbocycles. The van der Waals surface area contributed by atoms with Crippen LogP contribution >= 0.6 is 0 Å². The van der Waals surface area contributed by atoms with Gasteiger partial charge in [0.1, 0.15) is 24.7 Å². The fraction of sp³-hybridized carbons (Fsp3) is 0.500. The molecule has 7 heteroatoms. The summed E-state index contributed by atoms with van der Waals surface area (Å²) in [7, 11) is 0. The molecule has 0 saturated carbocycles. The zero-order chi connectivity index (χ0) is 17.5. The van der Waals surface area contributed by atoms with Gasteiger partial charge in [0.25, 0.3) is 0 Å². The number of aromatic nitrogens is 3. The normalized spacial score (nSPS) is 13.6. The van der Waals surface area contributed by atoms with E-state index in [-0.39, 0.29) is 0 Å². The van der Waals surface area contributed by atoms with Crippen LogP contribution in [0.1, 0.15) is 30.6 Å². The molecule has 3 rings (SSSR count). The van der Waals surface area contributed by atoms with Crippen molar-refractivity contribution in [3.8, 4) is 5.75 Å². The Labute approximate surface area is 148 Å². The zero-order valence-corrected chi connectivity index (χ0v) is 15.0. The lowest BCUT2D eigenvalue weighted by Gasteiger charge is -2.12. The highest BCUT2D eigenvalue weighted by Crippen LogP contribution is 2.14. The molecule has 134 valence electrons. The second-order valence-electron chi connectivity index (χ2n) is 6.07. The van der Waals surface area contributed by atoms with E-state index in [0.29, 0.717) is 19.7 Å². The van der Waals surface area contributed by atoms with Gasteiger partial charge in [-0.2, -0.15) is 0 Å². The van der Waals surface area contributed by atoms with Crippen molar-refractivity contribution < 1.29 is 4.74 Å². The number of hydrogen-bond acceptors (Lipinski definition) is 4. The minimum Gasteiger partial charge on any atom is -0.492 e. The molecule has 0 saturated heterocycles. The van der Waals surface area contributed by atoms with Gasteiger partial charge in [-0.15, -0.1) is 10.2 Å². The van der Waals surface area contributed by atoms with Gasteiger partial charge < -0.3 is 19.9 Å². The Morgan fingerprint density at radius 2 is 2.08 bits per heavy atom. The van der Waals surface area contributed by atoms with Crippen LogP contribution in [-0.4, -0.2) is 40.4 Å². The molecule has 0 amide bonds. The van der Waals surface area contributed by atoms with E-state index in [1.807, 2.05) is 24.3 Å². The summed E-state index contributed by atoms with van der Waals surface area (Å²) in [5, 5.41) is 15.0. The first-order chi connectivity index (χ1) is 12.3. The number of benzene rings is 1. The van der Waals surface area contributed by atoms with E-state index < -0.39 is 0 Å². The third kappa shape index (κ3) is 4.71. The quantitative estimate of drug-likeness (QED) is 0.455. The van der Waals surface area contributed by atoms with E-state index in [1.54, 1.807) is 0 Å². The molecule has 7 nitrogen and oxygen atoms in total. The molecule has 2 N–H and O–H groups in total. The Bertz CT molecular complexity index is 707. The summed E-state index contributed by atoms with van der Waals surface area (Å²) in [6.07, 6.45) is 2.17. The maximum absolute atomic E-state index is 5.73. The molecule has 0 fully saturated rings. The SMILES string of the molecule is CCNC(=NCc1nnc2n1CCC2)NCCOc1ccc(C)cc1. The van der Waals surface area contributed by atoms with Crippen molar-refractivity contribution in [2.45, 2.75) is 39.8 Å². The van der Waals surface area contributed by atoms with Crippen molar-refractivity contribution >= 4 is 5.96 Å². The summed E-state index contributed by atoms with van der Waals surface area (Å²) in [6.45, 7) is 7.71. The number of nitrogens with one attached hydrogen (secondary N) is 2. The van der Waals surface area contributed by atoms with Gasteiger partial charge in [-0.3, -0.25) is 0 Å². The molecule has 2 aromatic rings. The third-order valence-corrected chi connectivity index (χ3v) is 4.09. The second-order valence-corrected chi connectivity index (χ2v) is 6.07. The molecule has 0 atom stereocenters. The summed E-state index contributed by atoms with van der Waals surface area (Å²) in [4.78, 5) is 4.61. The van der Waals surface area contributed by atoms with E-state index in [4.69, 9.17) is 4.74 Å². The standard InChI is InChI=1S/C18H26N6O/c1-3-19-18(20-10-12-25-15-8-6-14(2)7-9-15)21-13-17-23-22-16-5-4-11-24(16)17/h6-9H,3-5,10-13H2,1-2H3,(H2,19,20,21). The zero-order valence-electron chi connectivity index (χ0n) is 15.0. The van der Waals surface area contributed by atoms with E-state index in [1.165, 1.54) is 5.56 Å². The van der Waals surface area contributed by atoms with Crippen molar-refractivity contribution in [2.75, 3.05) is 19.7 Å². The van der Waals surface area contributed by atoms with Crippen molar-refractivity contribution in [3.05, 3.63) is 41.5 Å². The third-order valence-electron chi connectivity index (χ3n) is 4.09. The molecule has 25 heavy (non-hydrogen) atoms. The minimum atomic E-state index is 0.529. The average molecular weight is 342 g/mol. The first-order valence-electron chi connectivity index (χ1n) is 8.89. The molecular weight excluding hydrogens is 316 g/mol. The first-order valence-corrected chi connectivity index (χ1v) is 8.89. The summed E-state index contributed by atoms with van der Waals surface area (Å²) in [5.41, 5.74) is 1.23. The molecule has 0 spiro atoms. The van der Waals surface area contributed by atoms with E-state index in [9.17, 15) is 0 Å². The van der Waals surface area contributed by atoms with Crippen molar-refractivity contribution in [3.63, 3.8) is 0 Å². The molecule has 0 aliphatic carbocycles. The van der Waals surface area contributed by atoms with Crippen LogP contribution in [0, 0.1) is 6.92 Å². The highest BCUT2D eigenvalue weighted by Gasteiger charge is 2.16. The summed E-state index contributed by atoms with van der Waals surface area (Å²) in [5.74, 6) is 3.66. The number of hydrogen-bond donors (Lipinski definition) is 2. The van der Waals surface area contributed by atoms with Crippen LogP contribution in [0.3, 0.4) is 0 Å². The Balaban J connectivity index is 1.47. The van der Waals surface area contributed by atoms with Gasteiger partial charge in [0.15, 0.2) is 11.8 Å². The maximum Gasteiger partial charge on any atom is 0.191 e. The fourth-order valence-electron chi connectivity index (χ4n) is 2.79. The molecular formula is C18H26N6O. The van der Waals surface area contributed by atoms with Gasteiger partial charge in [0.05, 0.1) is 6.54 Å². The second kappa shape index (κ2) is 8.50. The summed E-state index contributed by atoms with van der Waals surface area (Å²) in [6, 6.07) is 8.07. The van der Waals surface area contributed by atoms with Gasteiger partial charge in [0.2, 0.25) is 0 Å². The largest absolute Gasteiger partial charge is 0.492 e. The van der Waals surface area contributed by atoms with E-state index in [2.05, 4.69) is 44.2 Å². The predicted molar refractivity (Wildman–Crippen MR) is 97.8 cm³/mol. The van der Waals surface area contributed by atoms with Crippen LogP contribution in [0.15, 0.2) is 29.3 Å². The van der Waals surface area contributed by atoms with Gasteiger partial charge in [-0.05, 0) is 32.4 Å². The molecule has 1 aromatic heterocycles. The number of fused-ring (bicyclic) bond motifs is 1. The average Bonchev–Trinajstić information content (AvgIpc) is 3.22. The number of guanidine groups is 1. The van der Waals surface area contributed by atoms with Gasteiger partial charge >= 0.3 is 0 Å². The van der Waals surface area contributed by atoms with E-state index >= 15 is 0 Å². The highest BCUT2D eigenvalue weighted by atomic mass is 16.5. The minimum absolute atomic E-state index is 0.529. The Morgan fingerprint density at radius 1 is 1.24 bits per heavy atom. The van der Waals surface area contributed by atoms with Crippen LogP contribution < -0.4 is 15.4 Å². The Morgan fingerprint density at radius 3 is 2.88 bits per heavy atom. The van der Waals surface area contributed by atoms with Crippen molar-refractivity contribution in [1.82, 2.24) is 25.4 Å². The summed E-state index contributed by atoms with van der Waals surface area (Å²) >= 11 is 0. The molecule has 0 bridgehead atoms. The molecule has 2 heterocycles. The Kier molecular flexibility index (Phi) is 5.87. The molecule has 1 aliphatic rings. The summed E-state index contributed by atoms with van der Waals surface area (Å²) < 4.78 is 7.90.